The lowest BCUT2D eigenvalue weighted by molar-refractivity contribution is 0.0980. The van der Waals surface area contributed by atoms with Gasteiger partial charge >= 0.3 is 0 Å². The second-order valence-electron chi connectivity index (χ2n) is 2.87. The summed E-state index contributed by atoms with van der Waals surface area (Å²) in [6, 6.07) is 3.97. The number of Topliss-reactive ketones (excluding diaryl/α,β-unsaturated/α-hetero) is 1. The molecule has 0 heterocycles. The summed E-state index contributed by atoms with van der Waals surface area (Å²) in [6.45, 7) is 3.49. The summed E-state index contributed by atoms with van der Waals surface area (Å²) >= 11 is 5.66. The zero-order valence-electron chi connectivity index (χ0n) is 7.59. The fourth-order valence-electron chi connectivity index (χ4n) is 1.08. The Kier molecular flexibility index (Phi) is 3.84. The van der Waals surface area contributed by atoms with E-state index in [0.717, 1.165) is 0 Å². The molecular weight excluding hydrogens is 203 g/mol. The first-order valence-corrected chi connectivity index (χ1v) is 4.62. The molecule has 0 radical (unpaired) electrons. The van der Waals surface area contributed by atoms with Crippen LogP contribution in [0.15, 0.2) is 30.9 Å². The largest absolute Gasteiger partial charge is 0.294 e. The van der Waals surface area contributed by atoms with E-state index in [1.54, 1.807) is 6.08 Å². The van der Waals surface area contributed by atoms with Crippen molar-refractivity contribution in [2.75, 3.05) is 0 Å². The Labute approximate surface area is 87.2 Å². The van der Waals surface area contributed by atoms with Gasteiger partial charge in [-0.3, -0.25) is 4.79 Å². The maximum absolute atomic E-state index is 13.1. The van der Waals surface area contributed by atoms with E-state index in [4.69, 9.17) is 11.6 Å². The molecule has 1 rings (SSSR count). The molecule has 1 aromatic carbocycles. The Balaban J connectivity index is 2.88. The van der Waals surface area contributed by atoms with Crippen molar-refractivity contribution in [2.24, 2.45) is 0 Å². The van der Waals surface area contributed by atoms with Gasteiger partial charge in [0.15, 0.2) is 5.78 Å². The molecule has 1 aromatic rings. The third kappa shape index (κ3) is 2.67. The van der Waals surface area contributed by atoms with Crippen molar-refractivity contribution < 1.29 is 9.18 Å². The maximum atomic E-state index is 13.1. The SMILES string of the molecule is C=CCCC(=O)c1cc(Cl)ccc1F. The van der Waals surface area contributed by atoms with E-state index < -0.39 is 5.82 Å². The number of hydrogen-bond donors (Lipinski definition) is 0. The van der Waals surface area contributed by atoms with Gasteiger partial charge in [0.1, 0.15) is 5.82 Å². The van der Waals surface area contributed by atoms with E-state index >= 15 is 0 Å². The average molecular weight is 213 g/mol. The van der Waals surface area contributed by atoms with Crippen LogP contribution in [0.1, 0.15) is 23.2 Å². The van der Waals surface area contributed by atoms with Crippen LogP contribution in [0.5, 0.6) is 0 Å². The summed E-state index contributed by atoms with van der Waals surface area (Å²) < 4.78 is 13.1. The van der Waals surface area contributed by atoms with Crippen LogP contribution in [0.2, 0.25) is 5.02 Å². The molecule has 0 aliphatic rings. The minimum absolute atomic E-state index is 0.0550. The Morgan fingerprint density at radius 3 is 2.93 bits per heavy atom. The minimum atomic E-state index is -0.525. The molecule has 0 N–H and O–H groups in total. The van der Waals surface area contributed by atoms with Gasteiger partial charge in [0, 0.05) is 11.4 Å². The predicted octanol–water partition coefficient (Wildman–Crippen LogP) is 3.63. The lowest BCUT2D eigenvalue weighted by Gasteiger charge is -2.01. The first kappa shape index (κ1) is 10.9. The van der Waals surface area contributed by atoms with Gasteiger partial charge in [0.2, 0.25) is 0 Å². The molecule has 0 unspecified atom stereocenters. The van der Waals surface area contributed by atoms with Gasteiger partial charge in [-0.15, -0.1) is 6.58 Å². The predicted molar refractivity (Wildman–Crippen MR) is 55.2 cm³/mol. The Hall–Kier alpha value is -1.15. The molecule has 0 aliphatic heterocycles. The second-order valence-corrected chi connectivity index (χ2v) is 3.31. The third-order valence-electron chi connectivity index (χ3n) is 1.80. The van der Waals surface area contributed by atoms with Gasteiger partial charge in [0.25, 0.3) is 0 Å². The van der Waals surface area contributed by atoms with Crippen LogP contribution in [0.3, 0.4) is 0 Å². The normalized spacial score (nSPS) is 9.86. The first-order valence-electron chi connectivity index (χ1n) is 4.24. The Morgan fingerprint density at radius 1 is 1.57 bits per heavy atom. The van der Waals surface area contributed by atoms with Crippen LogP contribution >= 0.6 is 11.6 Å². The summed E-state index contributed by atoms with van der Waals surface area (Å²) in [5.74, 6) is -0.770. The van der Waals surface area contributed by atoms with Crippen molar-refractivity contribution in [3.05, 3.63) is 47.3 Å². The van der Waals surface area contributed by atoms with Crippen LogP contribution in [-0.2, 0) is 0 Å². The van der Waals surface area contributed by atoms with E-state index in [0.29, 0.717) is 11.4 Å². The lowest BCUT2D eigenvalue weighted by atomic mass is 10.1. The van der Waals surface area contributed by atoms with E-state index in [-0.39, 0.29) is 17.8 Å². The van der Waals surface area contributed by atoms with Crippen LogP contribution in [0.4, 0.5) is 4.39 Å². The van der Waals surface area contributed by atoms with Gasteiger partial charge in [0.05, 0.1) is 5.56 Å². The van der Waals surface area contributed by atoms with Gasteiger partial charge in [-0.05, 0) is 24.6 Å². The summed E-state index contributed by atoms with van der Waals surface area (Å²) in [5.41, 5.74) is 0.0550. The number of ketones is 1. The standard InChI is InChI=1S/C11H10ClFO/c1-2-3-4-11(14)9-7-8(12)5-6-10(9)13/h2,5-7H,1,3-4H2. The van der Waals surface area contributed by atoms with E-state index in [1.165, 1.54) is 18.2 Å². The average Bonchev–Trinajstić information content (AvgIpc) is 2.18. The minimum Gasteiger partial charge on any atom is -0.294 e. The highest BCUT2D eigenvalue weighted by molar-refractivity contribution is 6.31. The number of hydrogen-bond acceptors (Lipinski definition) is 1. The van der Waals surface area contributed by atoms with E-state index in [1.807, 2.05) is 0 Å². The molecule has 3 heteroatoms. The van der Waals surface area contributed by atoms with Crippen LogP contribution in [0, 0.1) is 5.82 Å². The molecule has 0 fully saturated rings. The molecule has 0 atom stereocenters. The zero-order chi connectivity index (χ0) is 10.6. The molecule has 0 bridgehead atoms. The maximum Gasteiger partial charge on any atom is 0.166 e. The lowest BCUT2D eigenvalue weighted by Crippen LogP contribution is -2.01. The van der Waals surface area contributed by atoms with Crippen molar-refractivity contribution in [3.8, 4) is 0 Å². The van der Waals surface area contributed by atoms with Crippen molar-refractivity contribution in [3.63, 3.8) is 0 Å². The highest BCUT2D eigenvalue weighted by atomic mass is 35.5. The van der Waals surface area contributed by atoms with Gasteiger partial charge < -0.3 is 0 Å². The van der Waals surface area contributed by atoms with Crippen molar-refractivity contribution in [1.82, 2.24) is 0 Å². The highest BCUT2D eigenvalue weighted by Crippen LogP contribution is 2.16. The fourth-order valence-corrected chi connectivity index (χ4v) is 1.25. The van der Waals surface area contributed by atoms with Crippen LogP contribution in [0.25, 0.3) is 0 Å². The summed E-state index contributed by atoms with van der Waals surface area (Å²) in [5, 5.41) is 0.369. The molecule has 0 spiro atoms. The number of carbonyl (C=O) groups excluding carboxylic acids is 1. The molecule has 0 aromatic heterocycles. The molecule has 14 heavy (non-hydrogen) atoms. The smallest absolute Gasteiger partial charge is 0.166 e. The van der Waals surface area contributed by atoms with E-state index in [9.17, 15) is 9.18 Å². The highest BCUT2D eigenvalue weighted by Gasteiger charge is 2.10. The topological polar surface area (TPSA) is 17.1 Å². The molecule has 74 valence electrons. The molecule has 0 saturated carbocycles. The Bertz CT molecular complexity index is 360. The van der Waals surface area contributed by atoms with Gasteiger partial charge in [-0.25, -0.2) is 4.39 Å². The summed E-state index contributed by atoms with van der Waals surface area (Å²) in [6.07, 6.45) is 2.44. The number of halogens is 2. The summed E-state index contributed by atoms with van der Waals surface area (Å²) in [4.78, 5) is 11.4. The van der Waals surface area contributed by atoms with Crippen LogP contribution < -0.4 is 0 Å². The molecular formula is C11H10ClFO. The monoisotopic (exact) mass is 212 g/mol. The summed E-state index contributed by atoms with van der Waals surface area (Å²) in [7, 11) is 0. The Morgan fingerprint density at radius 2 is 2.29 bits per heavy atom. The molecule has 1 nitrogen and oxygen atoms in total. The molecule has 0 aliphatic carbocycles. The van der Waals surface area contributed by atoms with Gasteiger partial charge in [-0.2, -0.15) is 0 Å². The number of benzene rings is 1. The second kappa shape index (κ2) is 4.91. The zero-order valence-corrected chi connectivity index (χ0v) is 8.35. The van der Waals surface area contributed by atoms with Crippen molar-refractivity contribution in [1.29, 1.82) is 0 Å². The van der Waals surface area contributed by atoms with E-state index in [2.05, 4.69) is 6.58 Å². The van der Waals surface area contributed by atoms with Gasteiger partial charge in [-0.1, -0.05) is 17.7 Å². The number of rotatable bonds is 4. The quantitative estimate of drug-likeness (QED) is 0.550. The first-order chi connectivity index (χ1) is 6.65. The number of carbonyl (C=O) groups is 1. The molecule has 0 amide bonds. The number of allylic oxidation sites excluding steroid dienone is 1. The fraction of sp³-hybridized carbons (Fsp3) is 0.182. The van der Waals surface area contributed by atoms with Crippen LogP contribution in [-0.4, -0.2) is 5.78 Å². The third-order valence-corrected chi connectivity index (χ3v) is 2.04. The van der Waals surface area contributed by atoms with Crippen molar-refractivity contribution >= 4 is 17.4 Å². The molecule has 0 saturated heterocycles. The van der Waals surface area contributed by atoms with Crippen molar-refractivity contribution in [2.45, 2.75) is 12.8 Å².